The summed E-state index contributed by atoms with van der Waals surface area (Å²) >= 11 is 2.34. The van der Waals surface area contributed by atoms with Gasteiger partial charge in [0.2, 0.25) is 0 Å². The Labute approximate surface area is 107 Å². The van der Waals surface area contributed by atoms with Crippen LogP contribution >= 0.6 is 22.6 Å². The van der Waals surface area contributed by atoms with Crippen molar-refractivity contribution in [3.05, 3.63) is 40.0 Å². The third kappa shape index (κ3) is 1.31. The lowest BCUT2D eigenvalue weighted by Crippen LogP contribution is -1.87. The lowest BCUT2D eigenvalue weighted by atomic mass is 10.1. The zero-order valence-corrected chi connectivity index (χ0v) is 11.0. The molecule has 1 aromatic heterocycles. The summed E-state index contributed by atoms with van der Waals surface area (Å²) in [6, 6.07) is 12.6. The molecular weight excluding hydrogens is 311 g/mol. The molecule has 3 rings (SSSR count). The minimum atomic E-state index is 0.818. The molecule has 2 nitrogen and oxygen atoms in total. The minimum absolute atomic E-state index is 0.818. The van der Waals surface area contributed by atoms with Crippen LogP contribution < -0.4 is 5.73 Å². The molecular formula is C13H11IN2. The zero-order valence-electron chi connectivity index (χ0n) is 8.87. The van der Waals surface area contributed by atoms with Gasteiger partial charge < -0.3 is 10.3 Å². The second kappa shape index (κ2) is 3.38. The van der Waals surface area contributed by atoms with E-state index in [4.69, 9.17) is 5.73 Å². The van der Waals surface area contributed by atoms with Gasteiger partial charge >= 0.3 is 0 Å². The fourth-order valence-corrected chi connectivity index (χ4v) is 2.70. The van der Waals surface area contributed by atoms with Gasteiger partial charge in [-0.3, -0.25) is 0 Å². The molecule has 2 aromatic carbocycles. The first-order valence-electron chi connectivity index (χ1n) is 5.10. The topological polar surface area (TPSA) is 30.9 Å². The molecule has 0 fully saturated rings. The second-order valence-corrected chi connectivity index (χ2v) is 5.24. The second-order valence-electron chi connectivity index (χ2n) is 4.00. The van der Waals surface area contributed by atoms with Gasteiger partial charge in [0.1, 0.15) is 0 Å². The van der Waals surface area contributed by atoms with E-state index in [1.54, 1.807) is 0 Å². The van der Waals surface area contributed by atoms with Crippen LogP contribution in [0.15, 0.2) is 36.4 Å². The number of halogens is 1. The number of nitrogens with two attached hydrogens (primary N) is 1. The fraction of sp³-hybridized carbons (Fsp3) is 0.0769. The number of aryl methyl sites for hydroxylation is 1. The quantitative estimate of drug-likeness (QED) is 0.498. The van der Waals surface area contributed by atoms with Gasteiger partial charge in [-0.25, -0.2) is 0 Å². The van der Waals surface area contributed by atoms with Crippen LogP contribution in [0.25, 0.3) is 21.8 Å². The van der Waals surface area contributed by atoms with Crippen LogP contribution in [-0.4, -0.2) is 4.57 Å². The number of nitrogens with zero attached hydrogens (tertiary/aromatic N) is 1. The summed E-state index contributed by atoms with van der Waals surface area (Å²) in [5, 5.41) is 2.51. The molecule has 0 amide bonds. The predicted molar refractivity (Wildman–Crippen MR) is 77.6 cm³/mol. The van der Waals surface area contributed by atoms with Crippen molar-refractivity contribution in [1.29, 1.82) is 0 Å². The Morgan fingerprint density at radius 1 is 1.00 bits per heavy atom. The number of hydrogen-bond acceptors (Lipinski definition) is 1. The normalized spacial score (nSPS) is 11.4. The van der Waals surface area contributed by atoms with E-state index in [0.717, 1.165) is 5.69 Å². The van der Waals surface area contributed by atoms with E-state index >= 15 is 0 Å². The average molecular weight is 322 g/mol. The fourth-order valence-electron chi connectivity index (χ4n) is 2.21. The minimum Gasteiger partial charge on any atom is -0.399 e. The maximum Gasteiger partial charge on any atom is 0.0490 e. The van der Waals surface area contributed by atoms with Crippen LogP contribution in [0.4, 0.5) is 5.69 Å². The lowest BCUT2D eigenvalue weighted by molar-refractivity contribution is 1.01. The molecule has 0 atom stereocenters. The molecule has 3 heteroatoms. The lowest BCUT2D eigenvalue weighted by Gasteiger charge is -1.97. The highest BCUT2D eigenvalue weighted by Gasteiger charge is 2.08. The van der Waals surface area contributed by atoms with Crippen molar-refractivity contribution in [3.63, 3.8) is 0 Å². The van der Waals surface area contributed by atoms with Crippen molar-refractivity contribution < 1.29 is 0 Å². The molecule has 0 saturated heterocycles. The van der Waals surface area contributed by atoms with Crippen LogP contribution in [0.1, 0.15) is 0 Å². The number of benzene rings is 2. The van der Waals surface area contributed by atoms with Gasteiger partial charge in [-0.1, -0.05) is 0 Å². The molecule has 80 valence electrons. The summed E-state index contributed by atoms with van der Waals surface area (Å²) in [4.78, 5) is 0. The molecule has 2 N–H and O–H groups in total. The molecule has 0 spiro atoms. The van der Waals surface area contributed by atoms with Gasteiger partial charge in [-0.05, 0) is 59.0 Å². The Bertz CT molecular complexity index is 639. The van der Waals surface area contributed by atoms with Gasteiger partial charge in [-0.2, -0.15) is 0 Å². The monoisotopic (exact) mass is 322 g/mol. The molecule has 16 heavy (non-hydrogen) atoms. The molecule has 0 radical (unpaired) electrons. The highest BCUT2D eigenvalue weighted by atomic mass is 127. The number of hydrogen-bond donors (Lipinski definition) is 1. The van der Waals surface area contributed by atoms with E-state index in [0.29, 0.717) is 0 Å². The zero-order chi connectivity index (χ0) is 11.3. The predicted octanol–water partition coefficient (Wildman–Crippen LogP) is 3.52. The first kappa shape index (κ1) is 9.96. The van der Waals surface area contributed by atoms with Crippen molar-refractivity contribution in [3.8, 4) is 0 Å². The number of anilines is 1. The van der Waals surface area contributed by atoms with Crippen molar-refractivity contribution in [2.45, 2.75) is 0 Å². The molecule has 0 unspecified atom stereocenters. The van der Waals surface area contributed by atoms with Gasteiger partial charge in [0, 0.05) is 38.1 Å². The Kier molecular flexibility index (Phi) is 2.10. The smallest absolute Gasteiger partial charge is 0.0490 e. The summed E-state index contributed by atoms with van der Waals surface area (Å²) < 4.78 is 3.46. The third-order valence-corrected chi connectivity index (χ3v) is 3.66. The Balaban J connectivity index is 2.60. The first-order chi connectivity index (χ1) is 7.66. The van der Waals surface area contributed by atoms with Crippen LogP contribution in [0.3, 0.4) is 0 Å². The van der Waals surface area contributed by atoms with Gasteiger partial charge in [-0.15, -0.1) is 0 Å². The van der Waals surface area contributed by atoms with Crippen molar-refractivity contribution in [2.24, 2.45) is 7.05 Å². The molecule has 3 aromatic rings. The van der Waals surface area contributed by atoms with Crippen LogP contribution in [0, 0.1) is 3.57 Å². The van der Waals surface area contributed by atoms with E-state index in [-0.39, 0.29) is 0 Å². The summed E-state index contributed by atoms with van der Waals surface area (Å²) in [7, 11) is 2.09. The van der Waals surface area contributed by atoms with Gasteiger partial charge in [0.25, 0.3) is 0 Å². The SMILES string of the molecule is Cn1c2ccc(N)cc2c2cc(I)ccc21. The molecule has 0 aliphatic rings. The van der Waals surface area contributed by atoms with Crippen molar-refractivity contribution >= 4 is 50.1 Å². The van der Waals surface area contributed by atoms with Crippen LogP contribution in [0.5, 0.6) is 0 Å². The van der Waals surface area contributed by atoms with Gasteiger partial charge in [0.05, 0.1) is 0 Å². The highest BCUT2D eigenvalue weighted by Crippen LogP contribution is 2.30. The summed E-state index contributed by atoms with van der Waals surface area (Å²) in [6.45, 7) is 0. The Morgan fingerprint density at radius 3 is 2.38 bits per heavy atom. The standard InChI is InChI=1S/C13H11IN2/c1-16-12-4-2-8(14)6-10(12)11-7-9(15)3-5-13(11)16/h2-7H,15H2,1H3. The molecule has 0 saturated carbocycles. The van der Waals surface area contributed by atoms with E-state index in [9.17, 15) is 0 Å². The summed E-state index contributed by atoms with van der Waals surface area (Å²) in [5.41, 5.74) is 9.15. The summed E-state index contributed by atoms with van der Waals surface area (Å²) in [5.74, 6) is 0. The molecule has 0 bridgehead atoms. The van der Waals surface area contributed by atoms with E-state index in [1.807, 2.05) is 12.1 Å². The number of nitrogen functional groups attached to an aromatic ring is 1. The van der Waals surface area contributed by atoms with Crippen molar-refractivity contribution in [2.75, 3.05) is 5.73 Å². The molecule has 0 aliphatic carbocycles. The summed E-state index contributed by atoms with van der Waals surface area (Å²) in [6.07, 6.45) is 0. The number of rotatable bonds is 0. The maximum atomic E-state index is 5.85. The van der Waals surface area contributed by atoms with Crippen LogP contribution in [-0.2, 0) is 7.05 Å². The van der Waals surface area contributed by atoms with E-state index in [1.165, 1.54) is 25.4 Å². The van der Waals surface area contributed by atoms with E-state index in [2.05, 4.69) is 58.5 Å². The maximum absolute atomic E-state index is 5.85. The average Bonchev–Trinajstić information content (AvgIpc) is 2.52. The third-order valence-electron chi connectivity index (χ3n) is 2.99. The first-order valence-corrected chi connectivity index (χ1v) is 6.18. The van der Waals surface area contributed by atoms with E-state index < -0.39 is 0 Å². The largest absolute Gasteiger partial charge is 0.399 e. The van der Waals surface area contributed by atoms with Crippen LogP contribution in [0.2, 0.25) is 0 Å². The number of fused-ring (bicyclic) bond motifs is 3. The highest BCUT2D eigenvalue weighted by molar-refractivity contribution is 14.1. The molecule has 1 heterocycles. The Hall–Kier alpha value is -1.23. The number of aromatic nitrogens is 1. The van der Waals surface area contributed by atoms with Crippen molar-refractivity contribution in [1.82, 2.24) is 4.57 Å². The van der Waals surface area contributed by atoms with Gasteiger partial charge in [0.15, 0.2) is 0 Å². The Morgan fingerprint density at radius 2 is 1.62 bits per heavy atom. The molecule has 0 aliphatic heterocycles.